The van der Waals surface area contributed by atoms with Crippen molar-refractivity contribution in [1.29, 1.82) is 0 Å². The molecular formula is C76H60N2O4. The first-order valence-corrected chi connectivity index (χ1v) is 28.7. The van der Waals surface area contributed by atoms with Gasteiger partial charge in [0, 0.05) is 65.0 Å². The summed E-state index contributed by atoms with van der Waals surface area (Å²) in [6.45, 7) is 22.4. The van der Waals surface area contributed by atoms with Crippen LogP contribution < -0.4 is 9.80 Å². The van der Waals surface area contributed by atoms with Gasteiger partial charge in [0.15, 0.2) is 22.3 Å². The van der Waals surface area contributed by atoms with Crippen LogP contribution in [-0.4, -0.2) is 0 Å². The van der Waals surface area contributed by atoms with Crippen LogP contribution in [0.4, 0.5) is 34.1 Å². The van der Waals surface area contributed by atoms with Gasteiger partial charge in [0.2, 0.25) is 0 Å². The number of hydrogen-bond donors (Lipinski definition) is 0. The minimum absolute atomic E-state index is 0.149. The van der Waals surface area contributed by atoms with Crippen LogP contribution in [0, 0.1) is 27.7 Å². The lowest BCUT2D eigenvalue weighted by atomic mass is 9.86. The van der Waals surface area contributed by atoms with E-state index < -0.39 is 0 Å². The Hall–Kier alpha value is -9.52. The Labute approximate surface area is 474 Å². The van der Waals surface area contributed by atoms with E-state index in [1.165, 1.54) is 21.9 Å². The van der Waals surface area contributed by atoms with E-state index in [9.17, 15) is 0 Å². The number of para-hydroxylation sites is 4. The Morgan fingerprint density at radius 1 is 0.268 bits per heavy atom. The van der Waals surface area contributed by atoms with Crippen LogP contribution in [0.15, 0.2) is 200 Å². The third-order valence-corrected chi connectivity index (χ3v) is 17.7. The standard InChI is InChI=1S/C76H60N2O4/c1-41-25-33-51-47-17-11-13-23-61(47)79-71(51)65(41)77(67-43(3)27-35-53-49-19-15-21-57(75(5,6)7)69(49)81-73(53)67)59-39-31-45-30-38-56-60(40-32-46-29-37-55(59)63(45)64(46)56)78(66-42(2)26-34-52-48-18-12-14-24-62(48)80-72(52)66)68-44(4)28-36-54-50-20-16-22-58(76(8,9)10)70(50)82-74(54)68/h11-40H,1-10H3. The molecule has 0 aliphatic rings. The van der Waals surface area contributed by atoms with Crippen molar-refractivity contribution in [2.24, 2.45) is 0 Å². The molecule has 12 aromatic carbocycles. The van der Waals surface area contributed by atoms with Crippen molar-refractivity contribution in [3.05, 3.63) is 215 Å². The molecule has 6 nitrogen and oxygen atoms in total. The van der Waals surface area contributed by atoms with Crippen molar-refractivity contribution in [3.63, 3.8) is 0 Å². The lowest BCUT2D eigenvalue weighted by Crippen LogP contribution is -2.15. The number of aryl methyl sites for hydroxylation is 4. The second-order valence-corrected chi connectivity index (χ2v) is 25.0. The fourth-order valence-electron chi connectivity index (χ4n) is 13.8. The molecule has 6 heteroatoms. The molecule has 16 aromatic rings. The summed E-state index contributed by atoms with van der Waals surface area (Å²) in [7, 11) is 0. The summed E-state index contributed by atoms with van der Waals surface area (Å²) in [5, 5.41) is 15.5. The molecule has 0 fully saturated rings. The lowest BCUT2D eigenvalue weighted by Gasteiger charge is -2.31. The zero-order valence-corrected chi connectivity index (χ0v) is 47.8. The number of rotatable bonds is 6. The van der Waals surface area contributed by atoms with Crippen molar-refractivity contribution in [3.8, 4) is 0 Å². The molecule has 0 aliphatic carbocycles. The zero-order valence-electron chi connectivity index (χ0n) is 47.8. The smallest absolute Gasteiger partial charge is 0.159 e. The van der Waals surface area contributed by atoms with Crippen LogP contribution in [-0.2, 0) is 10.8 Å². The highest BCUT2D eigenvalue weighted by Gasteiger charge is 2.33. The van der Waals surface area contributed by atoms with E-state index in [4.69, 9.17) is 17.7 Å². The molecule has 0 N–H and O–H groups in total. The molecule has 0 unspecified atom stereocenters. The lowest BCUT2D eigenvalue weighted by molar-refractivity contribution is 0.572. The predicted molar refractivity (Wildman–Crippen MR) is 345 cm³/mol. The Kier molecular flexibility index (Phi) is 10.0. The van der Waals surface area contributed by atoms with Crippen LogP contribution in [0.1, 0.15) is 74.9 Å². The molecule has 82 heavy (non-hydrogen) atoms. The van der Waals surface area contributed by atoms with E-state index in [1.807, 2.05) is 0 Å². The minimum Gasteiger partial charge on any atom is -0.454 e. The first-order chi connectivity index (χ1) is 39.6. The second-order valence-electron chi connectivity index (χ2n) is 25.0. The largest absolute Gasteiger partial charge is 0.454 e. The summed E-state index contributed by atoms with van der Waals surface area (Å²) < 4.78 is 28.8. The number of furan rings is 4. The van der Waals surface area contributed by atoms with E-state index in [0.717, 1.165) is 166 Å². The number of anilines is 6. The number of fused-ring (bicyclic) bond motifs is 12. The van der Waals surface area contributed by atoms with Crippen LogP contribution in [0.2, 0.25) is 0 Å². The summed E-state index contributed by atoms with van der Waals surface area (Å²) in [6, 6.07) is 66.3. The average molecular weight is 1070 g/mol. The maximum Gasteiger partial charge on any atom is 0.159 e. The monoisotopic (exact) mass is 1060 g/mol. The molecule has 0 amide bonds. The van der Waals surface area contributed by atoms with Gasteiger partial charge in [0.05, 0.1) is 34.1 Å². The summed E-state index contributed by atoms with van der Waals surface area (Å²) in [5.74, 6) is 0. The summed E-state index contributed by atoms with van der Waals surface area (Å²) >= 11 is 0. The van der Waals surface area contributed by atoms with Gasteiger partial charge in [-0.25, -0.2) is 0 Å². The van der Waals surface area contributed by atoms with Gasteiger partial charge in [-0.15, -0.1) is 0 Å². The van der Waals surface area contributed by atoms with Crippen molar-refractivity contribution in [2.75, 3.05) is 9.80 Å². The molecule has 0 saturated carbocycles. The third kappa shape index (κ3) is 6.75. The molecule has 4 aromatic heterocycles. The van der Waals surface area contributed by atoms with Gasteiger partial charge >= 0.3 is 0 Å². The van der Waals surface area contributed by atoms with Gasteiger partial charge in [-0.2, -0.15) is 0 Å². The summed E-state index contributed by atoms with van der Waals surface area (Å²) in [5.41, 5.74) is 19.2. The second kappa shape index (κ2) is 17.0. The quantitative estimate of drug-likeness (QED) is 0.155. The van der Waals surface area contributed by atoms with Gasteiger partial charge in [-0.05, 0) is 107 Å². The molecule has 398 valence electrons. The van der Waals surface area contributed by atoms with Gasteiger partial charge < -0.3 is 27.5 Å². The first kappa shape index (κ1) is 48.4. The molecule has 0 bridgehead atoms. The highest BCUT2D eigenvalue weighted by molar-refractivity contribution is 6.30. The van der Waals surface area contributed by atoms with Gasteiger partial charge in [0.1, 0.15) is 22.3 Å². The number of hydrogen-bond acceptors (Lipinski definition) is 6. The Morgan fingerprint density at radius 2 is 0.573 bits per heavy atom. The van der Waals surface area contributed by atoms with Crippen molar-refractivity contribution in [1.82, 2.24) is 0 Å². The number of benzene rings is 12. The zero-order chi connectivity index (χ0) is 55.8. The van der Waals surface area contributed by atoms with E-state index in [0.29, 0.717) is 0 Å². The van der Waals surface area contributed by atoms with E-state index in [-0.39, 0.29) is 10.8 Å². The number of nitrogens with zero attached hydrogens (tertiary/aromatic N) is 2. The molecule has 0 radical (unpaired) electrons. The van der Waals surface area contributed by atoms with Crippen molar-refractivity contribution >= 4 is 154 Å². The predicted octanol–water partition coefficient (Wildman–Crippen LogP) is 22.9. The van der Waals surface area contributed by atoms with Gasteiger partial charge in [-0.1, -0.05) is 199 Å². The summed E-state index contributed by atoms with van der Waals surface area (Å²) in [6.07, 6.45) is 0. The highest BCUT2D eigenvalue weighted by Crippen LogP contribution is 2.55. The highest BCUT2D eigenvalue weighted by atomic mass is 16.3. The van der Waals surface area contributed by atoms with Gasteiger partial charge in [0.25, 0.3) is 0 Å². The van der Waals surface area contributed by atoms with Crippen LogP contribution in [0.5, 0.6) is 0 Å². The minimum atomic E-state index is -0.149. The molecule has 0 saturated heterocycles. The first-order valence-electron chi connectivity index (χ1n) is 28.7. The Balaban J connectivity index is 1.02. The topological polar surface area (TPSA) is 59.0 Å². The third-order valence-electron chi connectivity index (χ3n) is 17.7. The normalized spacial score (nSPS) is 12.8. The fraction of sp³-hybridized carbons (Fsp3) is 0.158. The van der Waals surface area contributed by atoms with Crippen LogP contribution in [0.3, 0.4) is 0 Å². The Morgan fingerprint density at radius 3 is 0.951 bits per heavy atom. The molecular weight excluding hydrogens is 1000 g/mol. The SMILES string of the molecule is Cc1ccc2c(oc3ccccc32)c1N(c1ccc2ccc3c(N(c4c(C)ccc5c4oc4ccccc45)c4c(C)ccc5c4oc4c(C(C)(C)C)cccc45)ccc4ccc1c2c43)c1c(C)ccc2c1oc1c(C(C)(C)C)cccc12. The molecule has 16 rings (SSSR count). The van der Waals surface area contributed by atoms with E-state index in [1.54, 1.807) is 0 Å². The molecule has 4 heterocycles. The molecule has 0 spiro atoms. The molecule has 0 aliphatic heterocycles. The van der Waals surface area contributed by atoms with Gasteiger partial charge in [-0.3, -0.25) is 0 Å². The van der Waals surface area contributed by atoms with Crippen molar-refractivity contribution in [2.45, 2.75) is 80.1 Å². The Bertz CT molecular complexity index is 5040. The fourth-order valence-corrected chi connectivity index (χ4v) is 13.8. The molecule has 0 atom stereocenters. The average Bonchev–Trinajstić information content (AvgIpc) is 2.68. The van der Waals surface area contributed by atoms with E-state index >= 15 is 0 Å². The van der Waals surface area contributed by atoms with Crippen molar-refractivity contribution < 1.29 is 17.7 Å². The van der Waals surface area contributed by atoms with Crippen LogP contribution in [0.25, 0.3) is 120 Å². The van der Waals surface area contributed by atoms with Crippen LogP contribution >= 0.6 is 0 Å². The maximum atomic E-state index is 7.36. The maximum absolute atomic E-state index is 7.36. The summed E-state index contributed by atoms with van der Waals surface area (Å²) in [4.78, 5) is 4.91. The van der Waals surface area contributed by atoms with E-state index in [2.05, 4.69) is 261 Å².